The van der Waals surface area contributed by atoms with Crippen molar-refractivity contribution in [1.82, 2.24) is 24.7 Å². The number of aryl methyl sites for hydroxylation is 1. The summed E-state index contributed by atoms with van der Waals surface area (Å²) in [7, 11) is -1.93. The highest BCUT2D eigenvalue weighted by Crippen LogP contribution is 2.27. The molecule has 2 N–H and O–H groups in total. The first-order valence-corrected chi connectivity index (χ1v) is 7.51. The van der Waals surface area contributed by atoms with Crippen molar-refractivity contribution in [1.29, 1.82) is 0 Å². The molecule has 108 valence electrons. The molecular formula is C12H12N6O2S. The van der Waals surface area contributed by atoms with E-state index in [1.54, 1.807) is 42.2 Å². The molecule has 21 heavy (non-hydrogen) atoms. The van der Waals surface area contributed by atoms with Gasteiger partial charge in [-0.3, -0.25) is 4.72 Å². The summed E-state index contributed by atoms with van der Waals surface area (Å²) in [6, 6.07) is 6.98. The summed E-state index contributed by atoms with van der Waals surface area (Å²) in [6.45, 7) is 0. The molecular weight excluding hydrogens is 292 g/mol. The molecule has 0 atom stereocenters. The molecule has 2 aromatic heterocycles. The van der Waals surface area contributed by atoms with Crippen LogP contribution in [-0.4, -0.2) is 33.2 Å². The topological polar surface area (TPSA) is 106 Å². The first kappa shape index (κ1) is 13.3. The van der Waals surface area contributed by atoms with Gasteiger partial charge in [-0.15, -0.1) is 10.2 Å². The maximum atomic E-state index is 12.2. The fourth-order valence-electron chi connectivity index (χ4n) is 1.88. The Morgan fingerprint density at radius 3 is 2.76 bits per heavy atom. The average molecular weight is 304 g/mol. The van der Waals surface area contributed by atoms with Gasteiger partial charge in [0.05, 0.1) is 18.2 Å². The summed E-state index contributed by atoms with van der Waals surface area (Å²) in [6.07, 6.45) is 4.10. The van der Waals surface area contributed by atoms with Gasteiger partial charge in [-0.25, -0.2) is 4.98 Å². The fraction of sp³-hybridized carbons (Fsp3) is 0.0833. The predicted octanol–water partition coefficient (Wildman–Crippen LogP) is 1.01. The summed E-state index contributed by atoms with van der Waals surface area (Å²) in [4.78, 5) is 6.28. The molecule has 0 aliphatic rings. The van der Waals surface area contributed by atoms with Crippen molar-refractivity contribution < 1.29 is 8.42 Å². The lowest BCUT2D eigenvalue weighted by atomic mass is 10.2. The Kier molecular flexibility index (Phi) is 3.18. The van der Waals surface area contributed by atoms with E-state index in [9.17, 15) is 8.42 Å². The highest BCUT2D eigenvalue weighted by atomic mass is 32.2. The Bertz CT molecular complexity index is 854. The van der Waals surface area contributed by atoms with Crippen molar-refractivity contribution in [3.05, 3.63) is 43.1 Å². The van der Waals surface area contributed by atoms with Crippen LogP contribution in [0.2, 0.25) is 0 Å². The van der Waals surface area contributed by atoms with E-state index >= 15 is 0 Å². The van der Waals surface area contributed by atoms with E-state index in [1.165, 1.54) is 12.5 Å². The third kappa shape index (κ3) is 2.50. The molecule has 2 heterocycles. The second-order valence-corrected chi connectivity index (χ2v) is 5.98. The van der Waals surface area contributed by atoms with Crippen LogP contribution in [-0.2, 0) is 17.1 Å². The number of hydrogen-bond acceptors (Lipinski definition) is 5. The van der Waals surface area contributed by atoms with Crippen molar-refractivity contribution in [2.75, 3.05) is 4.72 Å². The SMILES string of the molecule is Cn1cnnc1-c1ccccc1NS(=O)(=O)c1cnc[nH]1. The molecule has 9 heteroatoms. The largest absolute Gasteiger partial charge is 0.334 e. The van der Waals surface area contributed by atoms with Gasteiger partial charge in [0.1, 0.15) is 6.33 Å². The molecule has 0 aliphatic heterocycles. The quantitative estimate of drug-likeness (QED) is 0.748. The van der Waals surface area contributed by atoms with Gasteiger partial charge in [0.25, 0.3) is 10.0 Å². The molecule has 1 aromatic carbocycles. The lowest BCUT2D eigenvalue weighted by Gasteiger charge is -2.10. The van der Waals surface area contributed by atoms with Gasteiger partial charge < -0.3 is 9.55 Å². The van der Waals surface area contributed by atoms with Gasteiger partial charge in [0, 0.05) is 12.6 Å². The number of anilines is 1. The lowest BCUT2D eigenvalue weighted by molar-refractivity contribution is 0.598. The molecule has 0 unspecified atom stereocenters. The minimum Gasteiger partial charge on any atom is -0.334 e. The van der Waals surface area contributed by atoms with Crippen LogP contribution in [0.15, 0.2) is 48.1 Å². The van der Waals surface area contributed by atoms with Crippen molar-refractivity contribution in [3.63, 3.8) is 0 Å². The fourth-order valence-corrected chi connectivity index (χ4v) is 2.87. The number of imidazole rings is 1. The van der Waals surface area contributed by atoms with E-state index in [1.807, 2.05) is 0 Å². The van der Waals surface area contributed by atoms with Crippen LogP contribution in [0.4, 0.5) is 5.69 Å². The molecule has 0 radical (unpaired) electrons. The summed E-state index contributed by atoms with van der Waals surface area (Å²) in [5.41, 5.74) is 1.06. The Morgan fingerprint density at radius 2 is 2.10 bits per heavy atom. The van der Waals surface area contributed by atoms with Crippen LogP contribution in [0.5, 0.6) is 0 Å². The number of rotatable bonds is 4. The molecule has 0 saturated heterocycles. The van der Waals surface area contributed by atoms with Crippen molar-refractivity contribution >= 4 is 15.7 Å². The van der Waals surface area contributed by atoms with Gasteiger partial charge in [-0.1, -0.05) is 12.1 Å². The van der Waals surface area contributed by atoms with Crippen molar-refractivity contribution in [2.24, 2.45) is 7.05 Å². The highest BCUT2D eigenvalue weighted by Gasteiger charge is 2.19. The number of nitrogens with one attached hydrogen (secondary N) is 2. The van der Waals surface area contributed by atoms with Crippen LogP contribution in [0.3, 0.4) is 0 Å². The normalized spacial score (nSPS) is 11.5. The van der Waals surface area contributed by atoms with Crippen LogP contribution in [0.25, 0.3) is 11.4 Å². The Labute approximate surface area is 120 Å². The lowest BCUT2D eigenvalue weighted by Crippen LogP contribution is -2.14. The molecule has 0 amide bonds. The van der Waals surface area contributed by atoms with Crippen molar-refractivity contribution in [3.8, 4) is 11.4 Å². The molecule has 3 rings (SSSR count). The van der Waals surface area contributed by atoms with Gasteiger partial charge >= 0.3 is 0 Å². The molecule has 0 fully saturated rings. The second-order valence-electron chi connectivity index (χ2n) is 4.33. The number of benzene rings is 1. The maximum absolute atomic E-state index is 12.2. The highest BCUT2D eigenvalue weighted by molar-refractivity contribution is 7.92. The first-order valence-electron chi connectivity index (χ1n) is 6.02. The number of nitrogens with zero attached hydrogens (tertiary/aromatic N) is 4. The predicted molar refractivity (Wildman–Crippen MR) is 75.8 cm³/mol. The Hall–Kier alpha value is -2.68. The van der Waals surface area contributed by atoms with Crippen LogP contribution in [0.1, 0.15) is 0 Å². The zero-order valence-electron chi connectivity index (χ0n) is 11.1. The number of H-pyrrole nitrogens is 1. The van der Waals surface area contributed by atoms with E-state index < -0.39 is 10.0 Å². The monoisotopic (exact) mass is 304 g/mol. The third-order valence-corrected chi connectivity index (χ3v) is 4.18. The number of aromatic amines is 1. The first-order chi connectivity index (χ1) is 10.1. The number of aromatic nitrogens is 5. The molecule has 3 aromatic rings. The van der Waals surface area contributed by atoms with E-state index in [0.717, 1.165) is 0 Å². The molecule has 0 bridgehead atoms. The Morgan fingerprint density at radius 1 is 1.29 bits per heavy atom. The summed E-state index contributed by atoms with van der Waals surface area (Å²) >= 11 is 0. The van der Waals surface area contributed by atoms with E-state index in [4.69, 9.17) is 0 Å². The average Bonchev–Trinajstić information content (AvgIpc) is 3.10. The number of para-hydroxylation sites is 1. The minimum atomic E-state index is -3.72. The van der Waals surface area contributed by atoms with E-state index in [2.05, 4.69) is 24.9 Å². The molecule has 0 spiro atoms. The smallest absolute Gasteiger partial charge is 0.278 e. The van der Waals surface area contributed by atoms with E-state index in [-0.39, 0.29) is 5.03 Å². The van der Waals surface area contributed by atoms with Crippen LogP contribution < -0.4 is 4.72 Å². The van der Waals surface area contributed by atoms with Gasteiger partial charge in [0.15, 0.2) is 10.9 Å². The molecule has 8 nitrogen and oxygen atoms in total. The molecule has 0 saturated carbocycles. The standard InChI is InChI=1S/C12H12N6O2S/c1-18-8-15-16-12(18)9-4-2-3-5-10(9)17-21(19,20)11-6-13-7-14-11/h2-8,17H,1H3,(H,13,14). The summed E-state index contributed by atoms with van der Waals surface area (Å²) in [5, 5.41) is 7.80. The van der Waals surface area contributed by atoms with Gasteiger partial charge in [-0.2, -0.15) is 8.42 Å². The third-order valence-electron chi connectivity index (χ3n) is 2.89. The zero-order valence-corrected chi connectivity index (χ0v) is 11.9. The number of hydrogen-bond donors (Lipinski definition) is 2. The Balaban J connectivity index is 2.03. The zero-order chi connectivity index (χ0) is 14.9. The summed E-state index contributed by atoms with van der Waals surface area (Å²) < 4.78 is 28.7. The maximum Gasteiger partial charge on any atom is 0.278 e. The summed E-state index contributed by atoms with van der Waals surface area (Å²) in [5.74, 6) is 0.568. The van der Waals surface area contributed by atoms with Crippen LogP contribution >= 0.6 is 0 Å². The minimum absolute atomic E-state index is 0.00438. The van der Waals surface area contributed by atoms with Gasteiger partial charge in [-0.05, 0) is 12.1 Å². The second kappa shape index (κ2) is 5.02. The van der Waals surface area contributed by atoms with Gasteiger partial charge in [0.2, 0.25) is 0 Å². The molecule has 0 aliphatic carbocycles. The van der Waals surface area contributed by atoms with Crippen molar-refractivity contribution in [2.45, 2.75) is 5.03 Å². The number of sulfonamides is 1. The van der Waals surface area contributed by atoms with E-state index in [0.29, 0.717) is 17.1 Å². The van der Waals surface area contributed by atoms with Crippen LogP contribution in [0, 0.1) is 0 Å².